The molecule has 3 heteroatoms. The summed E-state index contributed by atoms with van der Waals surface area (Å²) in [7, 11) is 0. The minimum absolute atomic E-state index is 0.359. The quantitative estimate of drug-likeness (QED) is 0.609. The normalized spacial score (nSPS) is 13.3. The van der Waals surface area contributed by atoms with E-state index in [1.807, 2.05) is 23.2 Å². The molecular formula is C8H18BS2. The molecule has 0 fully saturated rings. The van der Waals surface area contributed by atoms with Crippen LogP contribution in [0.25, 0.3) is 0 Å². The van der Waals surface area contributed by atoms with Crippen LogP contribution in [0.2, 0.25) is 0 Å². The van der Waals surface area contributed by atoms with Gasteiger partial charge in [0.25, 0.3) is 5.84 Å². The number of rotatable bonds is 2. The lowest BCUT2D eigenvalue weighted by Gasteiger charge is -2.21. The average Bonchev–Trinajstić information content (AvgIpc) is 1.55. The third-order valence-electron chi connectivity index (χ3n) is 0.803. The fraction of sp³-hybridized carbons (Fsp3) is 1.00. The van der Waals surface area contributed by atoms with E-state index in [0.717, 1.165) is 0 Å². The summed E-state index contributed by atoms with van der Waals surface area (Å²) in [5.41, 5.74) is 0. The fourth-order valence-electron chi connectivity index (χ4n) is 0.313. The van der Waals surface area contributed by atoms with Crippen LogP contribution in [0, 0.1) is 0 Å². The molecule has 0 rings (SSSR count). The fourth-order valence-corrected chi connectivity index (χ4v) is 2.81. The van der Waals surface area contributed by atoms with Gasteiger partial charge in [0.15, 0.2) is 0 Å². The molecule has 0 aromatic heterocycles. The van der Waals surface area contributed by atoms with E-state index in [4.69, 9.17) is 0 Å². The molecule has 0 atom stereocenters. The molecule has 0 N–H and O–H groups in total. The molecule has 11 heavy (non-hydrogen) atoms. The predicted molar refractivity (Wildman–Crippen MR) is 60.4 cm³/mol. The van der Waals surface area contributed by atoms with Crippen LogP contribution in [0.15, 0.2) is 0 Å². The van der Waals surface area contributed by atoms with Gasteiger partial charge < -0.3 is 0 Å². The van der Waals surface area contributed by atoms with Crippen molar-refractivity contribution in [2.24, 2.45) is 0 Å². The van der Waals surface area contributed by atoms with Crippen molar-refractivity contribution in [3.63, 3.8) is 0 Å². The zero-order chi connectivity index (χ0) is 9.12. The van der Waals surface area contributed by atoms with Crippen molar-refractivity contribution in [3.8, 4) is 0 Å². The minimum Gasteiger partial charge on any atom is -0.196 e. The van der Waals surface area contributed by atoms with Gasteiger partial charge in [-0.15, -0.1) is 0 Å². The molecule has 0 aliphatic carbocycles. The Labute approximate surface area is 80.3 Å². The van der Waals surface area contributed by atoms with Gasteiger partial charge in [-0.2, -0.15) is 23.2 Å². The lowest BCUT2D eigenvalue weighted by molar-refractivity contribution is 0.808. The van der Waals surface area contributed by atoms with Crippen LogP contribution >= 0.6 is 23.2 Å². The summed E-state index contributed by atoms with van der Waals surface area (Å²) in [6, 6.07) is 0. The van der Waals surface area contributed by atoms with Gasteiger partial charge in [-0.05, 0) is 9.49 Å². The summed E-state index contributed by atoms with van der Waals surface area (Å²) in [6.07, 6.45) is 0. The van der Waals surface area contributed by atoms with Crippen molar-refractivity contribution in [2.45, 2.75) is 51.0 Å². The highest BCUT2D eigenvalue weighted by molar-refractivity contribution is 8.51. The number of hydrogen-bond donors (Lipinski definition) is 0. The van der Waals surface area contributed by atoms with Crippen molar-refractivity contribution >= 4 is 29.1 Å². The highest BCUT2D eigenvalue weighted by Gasteiger charge is 2.15. The summed E-state index contributed by atoms with van der Waals surface area (Å²) in [5.74, 6) is 2.25. The maximum Gasteiger partial charge on any atom is 0.269 e. The van der Waals surface area contributed by atoms with Crippen LogP contribution in [0.3, 0.4) is 0 Å². The van der Waals surface area contributed by atoms with E-state index in [2.05, 4.69) is 47.4 Å². The zero-order valence-corrected chi connectivity index (χ0v) is 10.0. The molecule has 0 saturated carbocycles. The van der Waals surface area contributed by atoms with Crippen LogP contribution in [-0.2, 0) is 0 Å². The molecule has 65 valence electrons. The van der Waals surface area contributed by atoms with E-state index in [1.165, 1.54) is 0 Å². The van der Waals surface area contributed by atoms with Crippen LogP contribution in [-0.4, -0.2) is 15.3 Å². The van der Waals surface area contributed by atoms with E-state index in [0.29, 0.717) is 9.49 Å². The second kappa shape index (κ2) is 4.13. The van der Waals surface area contributed by atoms with Crippen LogP contribution in [0.4, 0.5) is 0 Å². The number of hydrogen-bond acceptors (Lipinski definition) is 2. The van der Waals surface area contributed by atoms with Gasteiger partial charge in [-0.1, -0.05) is 41.5 Å². The largest absolute Gasteiger partial charge is 0.269 e. The Kier molecular flexibility index (Phi) is 4.42. The monoisotopic (exact) mass is 189 g/mol. The molecule has 0 unspecified atom stereocenters. The van der Waals surface area contributed by atoms with Crippen molar-refractivity contribution < 1.29 is 0 Å². The summed E-state index contributed by atoms with van der Waals surface area (Å²) in [4.78, 5) is 0. The van der Waals surface area contributed by atoms with Crippen LogP contribution in [0.1, 0.15) is 41.5 Å². The van der Waals surface area contributed by atoms with Crippen LogP contribution in [0.5, 0.6) is 0 Å². The van der Waals surface area contributed by atoms with Crippen molar-refractivity contribution in [3.05, 3.63) is 0 Å². The van der Waals surface area contributed by atoms with E-state index in [1.54, 1.807) is 0 Å². The highest BCUT2D eigenvalue weighted by atomic mass is 32.2. The molecule has 0 aromatic rings. The molecule has 0 aliphatic heterocycles. The van der Waals surface area contributed by atoms with Gasteiger partial charge in [0.05, 0.1) is 0 Å². The molecular weight excluding hydrogens is 171 g/mol. The Balaban J connectivity index is 3.44. The Morgan fingerprint density at radius 3 is 1.18 bits per heavy atom. The van der Waals surface area contributed by atoms with E-state index < -0.39 is 0 Å². The first-order valence-electron chi connectivity index (χ1n) is 3.88. The lowest BCUT2D eigenvalue weighted by Crippen LogP contribution is -2.13. The topological polar surface area (TPSA) is 0 Å². The molecule has 0 aliphatic rings. The van der Waals surface area contributed by atoms with Crippen molar-refractivity contribution in [1.29, 1.82) is 0 Å². The Morgan fingerprint density at radius 1 is 0.727 bits per heavy atom. The Hall–Kier alpha value is 0.765. The second-order valence-electron chi connectivity index (χ2n) is 4.56. The van der Waals surface area contributed by atoms with Gasteiger partial charge in [0.1, 0.15) is 0 Å². The van der Waals surface area contributed by atoms with Crippen molar-refractivity contribution in [1.82, 2.24) is 0 Å². The molecule has 0 amide bonds. The van der Waals surface area contributed by atoms with Gasteiger partial charge in [-0.25, -0.2) is 0 Å². The van der Waals surface area contributed by atoms with Crippen molar-refractivity contribution in [2.75, 3.05) is 0 Å². The summed E-state index contributed by atoms with van der Waals surface area (Å²) >= 11 is 3.80. The molecule has 0 heterocycles. The molecule has 0 saturated heterocycles. The first-order chi connectivity index (χ1) is 4.71. The van der Waals surface area contributed by atoms with Gasteiger partial charge in [0, 0.05) is 0 Å². The molecule has 0 aromatic carbocycles. The molecule has 0 spiro atoms. The summed E-state index contributed by atoms with van der Waals surface area (Å²) in [6.45, 7) is 13.4. The molecule has 0 nitrogen and oxygen atoms in total. The van der Waals surface area contributed by atoms with E-state index in [-0.39, 0.29) is 0 Å². The maximum atomic E-state index is 2.25. The minimum atomic E-state index is 0.359. The third kappa shape index (κ3) is 10.8. The van der Waals surface area contributed by atoms with E-state index in [9.17, 15) is 0 Å². The highest BCUT2D eigenvalue weighted by Crippen LogP contribution is 2.30. The first kappa shape index (κ1) is 11.8. The SMILES string of the molecule is CC(C)(C)S[B]SC(C)(C)C. The Morgan fingerprint density at radius 2 is 1.00 bits per heavy atom. The lowest BCUT2D eigenvalue weighted by atomic mass is 10.3. The average molecular weight is 189 g/mol. The van der Waals surface area contributed by atoms with Gasteiger partial charge >= 0.3 is 0 Å². The van der Waals surface area contributed by atoms with E-state index >= 15 is 0 Å². The Bertz CT molecular complexity index is 96.2. The maximum absolute atomic E-state index is 2.25. The zero-order valence-electron chi connectivity index (χ0n) is 8.39. The summed E-state index contributed by atoms with van der Waals surface area (Å²) in [5, 5.41) is 0. The van der Waals surface area contributed by atoms with Gasteiger partial charge in [-0.3, -0.25) is 0 Å². The molecule has 0 bridgehead atoms. The van der Waals surface area contributed by atoms with Crippen LogP contribution < -0.4 is 0 Å². The predicted octanol–water partition coefficient (Wildman–Crippen LogP) is 3.58. The smallest absolute Gasteiger partial charge is 0.196 e. The first-order valence-corrected chi connectivity index (χ1v) is 5.64. The second-order valence-corrected chi connectivity index (χ2v) is 8.25. The third-order valence-corrected chi connectivity index (χ3v) is 2.99. The standard InChI is InChI=1S/C8H18BS2/c1-7(2,3)10-9-11-8(4,5)6/h1-6H3. The molecule has 1 radical (unpaired) electrons. The van der Waals surface area contributed by atoms with Gasteiger partial charge in [0.2, 0.25) is 0 Å². The summed E-state index contributed by atoms with van der Waals surface area (Å²) < 4.78 is 0.719.